The lowest BCUT2D eigenvalue weighted by molar-refractivity contribution is -0.384. The van der Waals surface area contributed by atoms with E-state index in [2.05, 4.69) is 6.07 Å². The third-order valence-corrected chi connectivity index (χ3v) is 6.72. The molecule has 0 spiro atoms. The lowest BCUT2D eigenvalue weighted by atomic mass is 9.68. The first-order chi connectivity index (χ1) is 17.6. The van der Waals surface area contributed by atoms with Gasteiger partial charge < -0.3 is 19.9 Å². The molecule has 2 aromatic carbocycles. The number of nitro groups is 1. The van der Waals surface area contributed by atoms with Crippen LogP contribution in [0.5, 0.6) is 17.2 Å². The Kier molecular flexibility index (Phi) is 6.57. The predicted molar refractivity (Wildman–Crippen MR) is 136 cm³/mol. The summed E-state index contributed by atoms with van der Waals surface area (Å²) in [7, 11) is 4.48. The number of nitriles is 1. The van der Waals surface area contributed by atoms with Crippen molar-refractivity contribution in [2.45, 2.75) is 32.6 Å². The second-order valence-corrected chi connectivity index (χ2v) is 9.71. The molecule has 0 amide bonds. The van der Waals surface area contributed by atoms with E-state index in [0.29, 0.717) is 52.6 Å². The molecule has 2 aromatic rings. The molecule has 1 heterocycles. The number of carbonyl (C=O) groups excluding carboxylic acids is 1. The van der Waals surface area contributed by atoms with Crippen molar-refractivity contribution in [3.63, 3.8) is 0 Å². The summed E-state index contributed by atoms with van der Waals surface area (Å²) >= 11 is 0. The number of benzene rings is 2. The fraction of sp³-hybridized carbons (Fsp3) is 0.333. The Hall–Kier alpha value is -4.52. The van der Waals surface area contributed by atoms with E-state index in [9.17, 15) is 20.2 Å². The number of nitro benzene ring substituents is 1. The number of nitrogens with two attached hydrogens (primary N) is 1. The molecule has 1 aliphatic carbocycles. The average Bonchev–Trinajstić information content (AvgIpc) is 2.86. The minimum Gasteiger partial charge on any atom is -0.493 e. The van der Waals surface area contributed by atoms with Crippen molar-refractivity contribution in [1.29, 1.82) is 5.26 Å². The van der Waals surface area contributed by atoms with Gasteiger partial charge in [0.1, 0.15) is 5.82 Å². The Morgan fingerprint density at radius 1 is 1.08 bits per heavy atom. The Balaban J connectivity index is 2.00. The molecule has 0 radical (unpaired) electrons. The van der Waals surface area contributed by atoms with E-state index >= 15 is 0 Å². The zero-order valence-corrected chi connectivity index (χ0v) is 21.3. The van der Waals surface area contributed by atoms with E-state index in [1.54, 1.807) is 29.2 Å². The highest BCUT2D eigenvalue weighted by molar-refractivity contribution is 6.01. The van der Waals surface area contributed by atoms with Crippen LogP contribution in [-0.4, -0.2) is 32.0 Å². The molecule has 1 atom stereocenters. The molecular weight excluding hydrogens is 476 g/mol. The number of hydrogen-bond acceptors (Lipinski definition) is 9. The molecule has 0 saturated heterocycles. The lowest BCUT2D eigenvalue weighted by Gasteiger charge is -2.43. The fourth-order valence-corrected chi connectivity index (χ4v) is 5.13. The largest absolute Gasteiger partial charge is 0.493 e. The van der Waals surface area contributed by atoms with Crippen LogP contribution in [0.2, 0.25) is 0 Å². The van der Waals surface area contributed by atoms with Gasteiger partial charge in [-0.25, -0.2) is 0 Å². The SMILES string of the molecule is COc1cc(C2C(C#N)=C(N)N(c3ccc([N+](=O)[O-])cc3)C3=C2C(=O)CC(C)(C)C3)cc(OC)c1OC. The number of methoxy groups -OCH3 is 3. The van der Waals surface area contributed by atoms with Gasteiger partial charge in [0.05, 0.1) is 43.8 Å². The molecule has 4 rings (SSSR count). The molecule has 192 valence electrons. The highest BCUT2D eigenvalue weighted by atomic mass is 16.6. The van der Waals surface area contributed by atoms with Gasteiger partial charge in [-0.15, -0.1) is 0 Å². The minimum atomic E-state index is -0.758. The number of hydrogen-bond donors (Lipinski definition) is 1. The third kappa shape index (κ3) is 4.33. The van der Waals surface area contributed by atoms with Crippen LogP contribution in [0.1, 0.15) is 38.2 Å². The predicted octanol–water partition coefficient (Wildman–Crippen LogP) is 4.56. The van der Waals surface area contributed by atoms with Crippen LogP contribution in [-0.2, 0) is 4.79 Å². The minimum absolute atomic E-state index is 0.0756. The molecule has 0 aromatic heterocycles. The Morgan fingerprint density at radius 3 is 2.16 bits per heavy atom. The number of rotatable bonds is 6. The standard InChI is InChI=1S/C27H28N4O6/c1-27(2)12-19-24(20(32)13-27)23(15-10-21(35-3)25(37-5)22(11-15)36-4)18(14-28)26(29)30(19)16-6-8-17(9-7-16)31(33)34/h6-11,23H,12-13,29H2,1-5H3. The fourth-order valence-electron chi connectivity index (χ4n) is 5.13. The van der Waals surface area contributed by atoms with Crippen molar-refractivity contribution in [2.24, 2.45) is 11.1 Å². The molecular formula is C27H28N4O6. The van der Waals surface area contributed by atoms with Gasteiger partial charge in [0.2, 0.25) is 5.75 Å². The van der Waals surface area contributed by atoms with Crippen LogP contribution in [0.4, 0.5) is 11.4 Å². The molecule has 1 aliphatic heterocycles. The first kappa shape index (κ1) is 25.6. The number of nitrogens with zero attached hydrogens (tertiary/aromatic N) is 3. The van der Waals surface area contributed by atoms with Gasteiger partial charge >= 0.3 is 0 Å². The van der Waals surface area contributed by atoms with E-state index in [-0.39, 0.29) is 28.3 Å². The zero-order chi connectivity index (χ0) is 27.1. The normalized spacial score (nSPS) is 18.8. The van der Waals surface area contributed by atoms with Crippen molar-refractivity contribution in [1.82, 2.24) is 0 Å². The summed E-state index contributed by atoms with van der Waals surface area (Å²) < 4.78 is 16.5. The second kappa shape index (κ2) is 9.50. The van der Waals surface area contributed by atoms with Crippen LogP contribution in [0, 0.1) is 26.9 Å². The molecule has 10 heteroatoms. The molecule has 0 fully saturated rings. The van der Waals surface area contributed by atoms with E-state index < -0.39 is 10.8 Å². The van der Waals surface area contributed by atoms with Gasteiger partial charge in [0.25, 0.3) is 5.69 Å². The number of anilines is 1. The van der Waals surface area contributed by atoms with Gasteiger partial charge in [-0.05, 0) is 41.7 Å². The molecule has 10 nitrogen and oxygen atoms in total. The first-order valence-corrected chi connectivity index (χ1v) is 11.6. The third-order valence-electron chi connectivity index (χ3n) is 6.72. The Morgan fingerprint density at radius 2 is 1.68 bits per heavy atom. The lowest BCUT2D eigenvalue weighted by Crippen LogP contribution is -2.42. The summed E-state index contributed by atoms with van der Waals surface area (Å²) in [6.07, 6.45) is 0.796. The summed E-state index contributed by atoms with van der Waals surface area (Å²) in [5, 5.41) is 21.5. The Bertz CT molecular complexity index is 1360. The second-order valence-electron chi connectivity index (χ2n) is 9.71. The maximum absolute atomic E-state index is 13.7. The summed E-state index contributed by atoms with van der Waals surface area (Å²) in [6.45, 7) is 3.99. The highest BCUT2D eigenvalue weighted by Crippen LogP contribution is 2.52. The molecule has 0 saturated carbocycles. The maximum Gasteiger partial charge on any atom is 0.269 e. The highest BCUT2D eigenvalue weighted by Gasteiger charge is 2.45. The van der Waals surface area contributed by atoms with Crippen molar-refractivity contribution in [2.75, 3.05) is 26.2 Å². The van der Waals surface area contributed by atoms with Crippen molar-refractivity contribution < 1.29 is 23.9 Å². The van der Waals surface area contributed by atoms with Crippen molar-refractivity contribution in [3.8, 4) is 23.3 Å². The molecule has 2 aliphatic rings. The van der Waals surface area contributed by atoms with Crippen LogP contribution < -0.4 is 24.8 Å². The average molecular weight is 505 g/mol. The van der Waals surface area contributed by atoms with E-state index in [1.807, 2.05) is 13.8 Å². The van der Waals surface area contributed by atoms with E-state index in [4.69, 9.17) is 19.9 Å². The quantitative estimate of drug-likeness (QED) is 0.442. The smallest absolute Gasteiger partial charge is 0.269 e. The summed E-state index contributed by atoms with van der Waals surface area (Å²) in [5.74, 6) is 0.452. The number of carbonyl (C=O) groups is 1. The van der Waals surface area contributed by atoms with Crippen LogP contribution in [0.25, 0.3) is 0 Å². The number of ketones is 1. The molecule has 1 unspecified atom stereocenters. The van der Waals surface area contributed by atoms with Gasteiger partial charge in [-0.1, -0.05) is 13.8 Å². The number of ether oxygens (including phenoxy) is 3. The van der Waals surface area contributed by atoms with Gasteiger partial charge in [0.15, 0.2) is 17.3 Å². The van der Waals surface area contributed by atoms with Gasteiger partial charge in [-0.3, -0.25) is 19.8 Å². The number of allylic oxidation sites excluding steroid dienone is 3. The monoisotopic (exact) mass is 504 g/mol. The van der Waals surface area contributed by atoms with Gasteiger partial charge in [0, 0.05) is 35.5 Å². The summed E-state index contributed by atoms with van der Waals surface area (Å²) in [6, 6.07) is 11.5. The van der Waals surface area contributed by atoms with E-state index in [1.165, 1.54) is 33.5 Å². The topological polar surface area (TPSA) is 141 Å². The first-order valence-electron chi connectivity index (χ1n) is 11.6. The maximum atomic E-state index is 13.7. The molecule has 0 bridgehead atoms. The van der Waals surface area contributed by atoms with Crippen molar-refractivity contribution >= 4 is 17.2 Å². The van der Waals surface area contributed by atoms with Gasteiger partial charge in [-0.2, -0.15) is 5.26 Å². The number of Topliss-reactive ketones (excluding diaryl/α,β-unsaturated/α-hetero) is 1. The molecule has 2 N–H and O–H groups in total. The summed E-state index contributed by atoms with van der Waals surface area (Å²) in [5.41, 5.74) is 8.62. The van der Waals surface area contributed by atoms with Crippen molar-refractivity contribution in [3.05, 3.63) is 74.7 Å². The van der Waals surface area contributed by atoms with Crippen LogP contribution in [0.15, 0.2) is 59.1 Å². The Labute approximate surface area is 214 Å². The zero-order valence-electron chi connectivity index (χ0n) is 21.3. The van der Waals surface area contributed by atoms with Crippen LogP contribution in [0.3, 0.4) is 0 Å². The van der Waals surface area contributed by atoms with Crippen LogP contribution >= 0.6 is 0 Å². The summed E-state index contributed by atoms with van der Waals surface area (Å²) in [4.78, 5) is 26.1. The van der Waals surface area contributed by atoms with E-state index in [0.717, 1.165) is 0 Å². The number of non-ortho nitro benzene ring substituents is 1. The molecule has 37 heavy (non-hydrogen) atoms.